The van der Waals surface area contributed by atoms with Gasteiger partial charge >= 0.3 is 18.8 Å². The van der Waals surface area contributed by atoms with E-state index in [0.29, 0.717) is 12.5 Å². The van der Waals surface area contributed by atoms with Crippen LogP contribution in [0, 0.1) is 11.3 Å². The zero-order valence-corrected chi connectivity index (χ0v) is 24.5. The number of carbonyl (C=O) groups is 2. The van der Waals surface area contributed by atoms with Crippen molar-refractivity contribution in [2.24, 2.45) is 17.2 Å². The molecule has 1 unspecified atom stereocenters. The Morgan fingerprint density at radius 1 is 1.26 bits per heavy atom. The minimum absolute atomic E-state index is 0.0412. The third-order valence-electron chi connectivity index (χ3n) is 7.55. The van der Waals surface area contributed by atoms with Gasteiger partial charge in [-0.05, 0) is 37.5 Å². The molecule has 3 rings (SSSR count). The van der Waals surface area contributed by atoms with Crippen LogP contribution >= 0.6 is 11.6 Å². The largest absolute Gasteiger partial charge is 0.434 e. The molecule has 3 atom stereocenters. The van der Waals surface area contributed by atoms with E-state index in [9.17, 15) is 31.5 Å². The van der Waals surface area contributed by atoms with E-state index in [1.807, 2.05) is 0 Å². The average molecular weight is 625 g/mol. The van der Waals surface area contributed by atoms with Crippen molar-refractivity contribution < 1.29 is 46.0 Å². The van der Waals surface area contributed by atoms with Gasteiger partial charge in [-0.3, -0.25) is 9.48 Å². The van der Waals surface area contributed by atoms with E-state index in [1.165, 1.54) is 16.8 Å². The number of alkyl halides is 5. The summed E-state index contributed by atoms with van der Waals surface area (Å²) in [6, 6.07) is 3.72. The van der Waals surface area contributed by atoms with Gasteiger partial charge in [0.2, 0.25) is 0 Å². The van der Waals surface area contributed by atoms with Crippen LogP contribution in [0.2, 0.25) is 5.02 Å². The molecule has 1 amide bonds. The standard InChI is InChI=1S/C27H35ClF5N5O4/c1-5-38-23(18-9-7-16(10-19(18)41-25(29)30)11-26(3,4)27(31,32)33)21(28)22(36-38)24(40)35-12-17-8-6-15(2)13-37(17)14-20(39)42-34/h7,9-10,15,17,25H,5-6,8,11-14,34H2,1-4H3,(H,35,40)/p+1/t15-,17+/m1/s1. The van der Waals surface area contributed by atoms with E-state index in [4.69, 9.17) is 17.5 Å². The van der Waals surface area contributed by atoms with Gasteiger partial charge in [-0.2, -0.15) is 32.9 Å². The number of ether oxygens (including phenoxy) is 1. The molecule has 4 N–H and O–H groups in total. The zero-order chi connectivity index (χ0) is 31.4. The summed E-state index contributed by atoms with van der Waals surface area (Å²) >= 11 is 6.59. The number of hydrogen-bond donors (Lipinski definition) is 3. The van der Waals surface area contributed by atoms with Crippen molar-refractivity contribution in [3.05, 3.63) is 34.5 Å². The van der Waals surface area contributed by atoms with Crippen molar-refractivity contribution in [1.29, 1.82) is 0 Å². The Bertz CT molecular complexity index is 1270. The first-order valence-corrected chi connectivity index (χ1v) is 13.9. The molecular formula is C27H36ClF5N5O4+. The number of likely N-dealkylation sites (tertiary alicyclic amines) is 1. The highest BCUT2D eigenvalue weighted by molar-refractivity contribution is 6.36. The molecule has 0 saturated carbocycles. The number of aryl methyl sites for hydroxylation is 1. The monoisotopic (exact) mass is 624 g/mol. The predicted octanol–water partition coefficient (Wildman–Crippen LogP) is 3.79. The molecule has 1 aromatic heterocycles. The molecule has 42 heavy (non-hydrogen) atoms. The van der Waals surface area contributed by atoms with Crippen LogP contribution in [0.1, 0.15) is 56.6 Å². The van der Waals surface area contributed by atoms with Crippen LogP contribution in [0.25, 0.3) is 11.3 Å². The third kappa shape index (κ3) is 7.90. The maximum absolute atomic E-state index is 13.5. The summed E-state index contributed by atoms with van der Waals surface area (Å²) in [5, 5.41) is 6.94. The van der Waals surface area contributed by atoms with Crippen LogP contribution in [0.15, 0.2) is 18.2 Å². The van der Waals surface area contributed by atoms with Crippen LogP contribution in [0.3, 0.4) is 0 Å². The van der Waals surface area contributed by atoms with Crippen LogP contribution in [0.4, 0.5) is 22.0 Å². The molecule has 1 fully saturated rings. The lowest BCUT2D eigenvalue weighted by atomic mass is 9.84. The highest BCUT2D eigenvalue weighted by atomic mass is 35.5. The molecule has 0 spiro atoms. The second-order valence-electron chi connectivity index (χ2n) is 11.2. The molecular weight excluding hydrogens is 589 g/mol. The van der Waals surface area contributed by atoms with E-state index < -0.39 is 42.2 Å². The van der Waals surface area contributed by atoms with Gasteiger partial charge in [0.25, 0.3) is 5.91 Å². The highest BCUT2D eigenvalue weighted by Crippen LogP contribution is 2.43. The van der Waals surface area contributed by atoms with E-state index in [2.05, 4.69) is 26.9 Å². The number of nitrogens with zero attached hydrogens (tertiary/aromatic N) is 2. The lowest BCUT2D eigenvalue weighted by Gasteiger charge is -2.34. The van der Waals surface area contributed by atoms with E-state index in [-0.39, 0.29) is 53.2 Å². The first-order chi connectivity index (χ1) is 19.6. The average Bonchev–Trinajstić information content (AvgIpc) is 3.23. The van der Waals surface area contributed by atoms with E-state index in [0.717, 1.165) is 37.7 Å². The van der Waals surface area contributed by atoms with Gasteiger partial charge in [-0.25, -0.2) is 4.79 Å². The first kappa shape index (κ1) is 33.5. The van der Waals surface area contributed by atoms with Gasteiger partial charge in [0.05, 0.1) is 29.2 Å². The fourth-order valence-corrected chi connectivity index (χ4v) is 5.47. The number of rotatable bonds is 11. The second kappa shape index (κ2) is 13.6. The molecule has 2 heterocycles. The Morgan fingerprint density at radius 3 is 2.55 bits per heavy atom. The molecule has 1 aromatic carbocycles. The lowest BCUT2D eigenvalue weighted by molar-refractivity contribution is -0.925. The van der Waals surface area contributed by atoms with Crippen LogP contribution in [0.5, 0.6) is 5.75 Å². The van der Waals surface area contributed by atoms with Crippen molar-refractivity contribution in [3.63, 3.8) is 0 Å². The number of benzene rings is 1. The van der Waals surface area contributed by atoms with Gasteiger partial charge in [-0.1, -0.05) is 38.4 Å². The highest BCUT2D eigenvalue weighted by Gasteiger charge is 2.47. The fraction of sp³-hybridized carbons (Fsp3) is 0.593. The van der Waals surface area contributed by atoms with Crippen molar-refractivity contribution in [3.8, 4) is 17.0 Å². The molecule has 0 radical (unpaired) electrons. The summed E-state index contributed by atoms with van der Waals surface area (Å²) < 4.78 is 73.1. The molecule has 0 aliphatic carbocycles. The topological polar surface area (TPSA) is 113 Å². The second-order valence-corrected chi connectivity index (χ2v) is 11.6. The summed E-state index contributed by atoms with van der Waals surface area (Å²) in [6.45, 7) is 3.65. The van der Waals surface area contributed by atoms with E-state index in [1.54, 1.807) is 6.92 Å². The summed E-state index contributed by atoms with van der Waals surface area (Å²) in [7, 11) is 0. The summed E-state index contributed by atoms with van der Waals surface area (Å²) in [5.74, 6) is 3.78. The van der Waals surface area contributed by atoms with Gasteiger partial charge in [-0.15, -0.1) is 0 Å². The first-order valence-electron chi connectivity index (χ1n) is 13.5. The third-order valence-corrected chi connectivity index (χ3v) is 7.91. The number of carbonyl (C=O) groups excluding carboxylic acids is 2. The summed E-state index contributed by atoms with van der Waals surface area (Å²) in [5.41, 5.74) is -2.01. The van der Waals surface area contributed by atoms with E-state index >= 15 is 0 Å². The smallest absolute Gasteiger partial charge is 0.394 e. The summed E-state index contributed by atoms with van der Waals surface area (Å²) in [6.07, 6.45) is -3.36. The van der Waals surface area contributed by atoms with Gasteiger partial charge in [0, 0.05) is 24.4 Å². The molecule has 2 aromatic rings. The van der Waals surface area contributed by atoms with Gasteiger partial charge in [0.1, 0.15) is 11.8 Å². The Kier molecular flexibility index (Phi) is 10.8. The van der Waals surface area contributed by atoms with Crippen LogP contribution in [-0.4, -0.2) is 60.1 Å². The van der Waals surface area contributed by atoms with Crippen LogP contribution < -0.4 is 20.9 Å². The molecule has 9 nitrogen and oxygen atoms in total. The van der Waals surface area contributed by atoms with Gasteiger partial charge in [0.15, 0.2) is 12.2 Å². The number of hydrogen-bond acceptors (Lipinski definition) is 6. The van der Waals surface area contributed by atoms with Crippen molar-refractivity contribution >= 4 is 23.5 Å². The molecule has 0 bridgehead atoms. The maximum Gasteiger partial charge on any atom is 0.394 e. The molecule has 234 valence electrons. The molecule has 1 aliphatic heterocycles. The Labute approximate surface area is 245 Å². The minimum Gasteiger partial charge on any atom is -0.434 e. The number of amides is 1. The number of halogens is 6. The predicted molar refractivity (Wildman–Crippen MR) is 144 cm³/mol. The lowest BCUT2D eigenvalue weighted by Crippen LogP contribution is -3.18. The molecule has 15 heteroatoms. The SMILES string of the molecule is CCn1nc(C(=O)NC[C@@H]2CC[C@@H](C)C[NH+]2CC(=O)ON)c(Cl)c1-c1ccc(CC(C)(C)C(F)(F)F)cc1OC(F)F. The molecule has 1 saturated heterocycles. The Balaban J connectivity index is 1.90. The number of nitrogens with two attached hydrogens (primary N) is 1. The number of piperidine rings is 1. The quantitative estimate of drug-likeness (QED) is 0.259. The Hall–Kier alpha value is -2.97. The Morgan fingerprint density at radius 2 is 1.95 bits per heavy atom. The summed E-state index contributed by atoms with van der Waals surface area (Å²) in [4.78, 5) is 30.2. The number of quaternary nitrogens is 1. The maximum atomic E-state index is 13.5. The van der Waals surface area contributed by atoms with Gasteiger partial charge < -0.3 is 19.8 Å². The van der Waals surface area contributed by atoms with Crippen molar-refractivity contribution in [2.75, 3.05) is 19.6 Å². The normalized spacial score (nSPS) is 19.6. The zero-order valence-electron chi connectivity index (χ0n) is 23.8. The van der Waals surface area contributed by atoms with Crippen molar-refractivity contribution in [1.82, 2.24) is 15.1 Å². The number of aromatic nitrogens is 2. The van der Waals surface area contributed by atoms with Crippen molar-refractivity contribution in [2.45, 2.75) is 72.3 Å². The number of nitrogens with one attached hydrogen (secondary N) is 2. The minimum atomic E-state index is -4.52. The van der Waals surface area contributed by atoms with Crippen LogP contribution in [-0.2, 0) is 22.6 Å². The fourth-order valence-electron chi connectivity index (χ4n) is 5.14. The molecule has 1 aliphatic rings.